The van der Waals surface area contributed by atoms with E-state index in [0.717, 1.165) is 22.2 Å². The summed E-state index contributed by atoms with van der Waals surface area (Å²) >= 11 is 6.87. The highest BCUT2D eigenvalue weighted by molar-refractivity contribution is 8.25. The number of imidazole rings is 1. The Hall–Kier alpha value is -4.30. The van der Waals surface area contributed by atoms with E-state index < -0.39 is 6.04 Å². The lowest BCUT2D eigenvalue weighted by molar-refractivity contribution is 1.32. The molecule has 0 aliphatic carbocycles. The maximum atomic E-state index is 6.87. The molecule has 0 N–H and O–H groups in total. The largest absolute Gasteiger partial charge is 0.291 e. The van der Waals surface area contributed by atoms with Crippen LogP contribution < -0.4 is 15.9 Å². The molecule has 0 amide bonds. The Morgan fingerprint density at radius 3 is 1.95 bits per heavy atom. The van der Waals surface area contributed by atoms with Crippen molar-refractivity contribution in [2.45, 2.75) is 0 Å². The summed E-state index contributed by atoms with van der Waals surface area (Å²) in [7, 11) is 0. The number of para-hydroxylation sites is 3. The molecule has 0 atom stereocenters. The van der Waals surface area contributed by atoms with Gasteiger partial charge >= 0.3 is 0 Å². The summed E-state index contributed by atoms with van der Waals surface area (Å²) in [6.45, 7) is 0. The Labute approximate surface area is 231 Å². The zero-order valence-corrected chi connectivity index (χ0v) is 22.7. The number of fused-ring (bicyclic) bond motifs is 10. The molecule has 0 aliphatic rings. The first-order valence-electron chi connectivity index (χ1n) is 13.1. The van der Waals surface area contributed by atoms with E-state index >= 15 is 0 Å². The number of pyridine rings is 1. The van der Waals surface area contributed by atoms with Crippen molar-refractivity contribution in [3.8, 4) is 0 Å². The Kier molecular flexibility index (Phi) is 5.00. The molecule has 0 fully saturated rings. The summed E-state index contributed by atoms with van der Waals surface area (Å²) in [5.41, 5.74) is 4.22. The average molecular weight is 535 g/mol. The molecule has 0 bridgehead atoms. The maximum Gasteiger partial charge on any atom is 0.147 e. The first-order valence-corrected chi connectivity index (χ1v) is 15.9. The van der Waals surface area contributed by atoms with Crippen LogP contribution in [0.3, 0.4) is 0 Å². The van der Waals surface area contributed by atoms with E-state index in [9.17, 15) is 0 Å². The highest BCUT2D eigenvalue weighted by atomic mass is 32.4. The van der Waals surface area contributed by atoms with Gasteiger partial charge in [0.1, 0.15) is 5.65 Å². The van der Waals surface area contributed by atoms with Gasteiger partial charge in [-0.2, -0.15) is 0 Å². The van der Waals surface area contributed by atoms with Gasteiger partial charge < -0.3 is 0 Å². The van der Waals surface area contributed by atoms with Crippen LogP contribution in [0.2, 0.25) is 0 Å². The second kappa shape index (κ2) is 8.61. The lowest BCUT2D eigenvalue weighted by Crippen LogP contribution is -2.26. The van der Waals surface area contributed by atoms with Gasteiger partial charge in [-0.25, -0.2) is 4.98 Å². The minimum absolute atomic E-state index is 0.977. The van der Waals surface area contributed by atoms with Crippen molar-refractivity contribution in [3.05, 3.63) is 140 Å². The zero-order valence-electron chi connectivity index (χ0n) is 21.0. The molecule has 8 rings (SSSR count). The number of aromatic nitrogens is 2. The molecular weight excluding hydrogens is 511 g/mol. The van der Waals surface area contributed by atoms with Crippen LogP contribution in [-0.2, 0) is 11.8 Å². The highest BCUT2D eigenvalue weighted by Crippen LogP contribution is 2.46. The monoisotopic (exact) mass is 534 g/mol. The third-order valence-electron chi connectivity index (χ3n) is 7.82. The van der Waals surface area contributed by atoms with Crippen molar-refractivity contribution in [1.29, 1.82) is 0 Å². The van der Waals surface area contributed by atoms with Gasteiger partial charge in [0, 0.05) is 22.1 Å². The fourth-order valence-corrected chi connectivity index (χ4v) is 10.1. The molecule has 8 aromatic rings. The molecule has 0 aliphatic heterocycles. The van der Waals surface area contributed by atoms with E-state index in [0.29, 0.717) is 0 Å². The number of nitrogens with zero attached hydrogens (tertiary/aromatic N) is 2. The highest BCUT2D eigenvalue weighted by Gasteiger charge is 2.29. The number of hydrogen-bond donors (Lipinski definition) is 0. The van der Waals surface area contributed by atoms with Crippen molar-refractivity contribution in [2.75, 3.05) is 0 Å². The van der Waals surface area contributed by atoms with Crippen LogP contribution in [0.1, 0.15) is 0 Å². The molecule has 0 saturated carbocycles. The molecule has 0 spiro atoms. The van der Waals surface area contributed by atoms with Crippen molar-refractivity contribution in [3.63, 3.8) is 0 Å². The van der Waals surface area contributed by atoms with Crippen LogP contribution in [0.15, 0.2) is 140 Å². The van der Waals surface area contributed by atoms with Gasteiger partial charge in [-0.05, 0) is 38.9 Å². The second-order valence-electron chi connectivity index (χ2n) is 9.92. The predicted octanol–water partition coefficient (Wildman–Crippen LogP) is 7.70. The van der Waals surface area contributed by atoms with Crippen LogP contribution in [0.4, 0.5) is 0 Å². The van der Waals surface area contributed by atoms with Crippen molar-refractivity contribution in [1.82, 2.24) is 9.38 Å². The third-order valence-corrected chi connectivity index (χ3v) is 12.8. The summed E-state index contributed by atoms with van der Waals surface area (Å²) in [5, 5.41) is 9.59. The first-order chi connectivity index (χ1) is 19.2. The second-order valence-corrected chi connectivity index (χ2v) is 14.3. The number of rotatable bonds is 3. The molecule has 4 heteroatoms. The summed E-state index contributed by atoms with van der Waals surface area (Å²) in [6.07, 6.45) is 0. The minimum atomic E-state index is -2.42. The Morgan fingerprint density at radius 1 is 0.538 bits per heavy atom. The van der Waals surface area contributed by atoms with E-state index in [2.05, 4.69) is 144 Å². The van der Waals surface area contributed by atoms with E-state index in [1.54, 1.807) is 0 Å². The van der Waals surface area contributed by atoms with Gasteiger partial charge in [0.2, 0.25) is 0 Å². The lowest BCUT2D eigenvalue weighted by Gasteiger charge is -2.26. The molecule has 0 radical (unpaired) electrons. The van der Waals surface area contributed by atoms with Crippen molar-refractivity contribution < 1.29 is 0 Å². The van der Waals surface area contributed by atoms with E-state index in [1.165, 1.54) is 42.8 Å². The van der Waals surface area contributed by atoms with Crippen LogP contribution in [0, 0.1) is 0 Å². The molecule has 6 aromatic carbocycles. The van der Waals surface area contributed by atoms with E-state index in [-0.39, 0.29) is 0 Å². The Balaban J connectivity index is 1.66. The van der Waals surface area contributed by atoms with Gasteiger partial charge in [0.15, 0.2) is 0 Å². The average Bonchev–Trinajstić information content (AvgIpc) is 3.40. The molecule has 184 valence electrons. The quantitative estimate of drug-likeness (QED) is 0.171. The van der Waals surface area contributed by atoms with Crippen molar-refractivity contribution in [2.24, 2.45) is 0 Å². The first kappa shape index (κ1) is 22.7. The van der Waals surface area contributed by atoms with Gasteiger partial charge in [-0.15, -0.1) is 0 Å². The van der Waals surface area contributed by atoms with Gasteiger partial charge in [0.05, 0.1) is 16.6 Å². The zero-order chi connectivity index (χ0) is 26.0. The van der Waals surface area contributed by atoms with Crippen molar-refractivity contribution >= 4 is 82.9 Å². The third kappa shape index (κ3) is 3.21. The van der Waals surface area contributed by atoms with Gasteiger partial charge in [0.25, 0.3) is 0 Å². The SMILES string of the molecule is S=P(c1ccccc1)(c1ccccc1)c1cccc2c3ccc4ccccc4c3c3nc4ccccc4n3c12. The number of hydrogen-bond acceptors (Lipinski definition) is 2. The molecule has 2 heterocycles. The summed E-state index contributed by atoms with van der Waals surface area (Å²) in [4.78, 5) is 5.25. The molecule has 0 saturated heterocycles. The Morgan fingerprint density at radius 2 is 1.18 bits per heavy atom. The standard InChI is InChI=1S/C35H23N2PS/c39-38(25-13-3-1-4-14-25,26-15-5-2-6-16-26)32-21-11-18-29-28-23-22-24-12-7-8-17-27(24)33(28)35-36-30-19-9-10-20-31(30)37(35)34(29)32/h1-23H. The summed E-state index contributed by atoms with van der Waals surface area (Å²) in [5.74, 6) is 0. The maximum absolute atomic E-state index is 6.87. The molecular formula is C35H23N2PS. The van der Waals surface area contributed by atoms with E-state index in [1.807, 2.05) is 0 Å². The topological polar surface area (TPSA) is 17.3 Å². The summed E-state index contributed by atoms with van der Waals surface area (Å²) in [6, 6.07) is 47.2. The smallest absolute Gasteiger partial charge is 0.147 e. The van der Waals surface area contributed by atoms with Gasteiger partial charge in [-0.1, -0.05) is 139 Å². The predicted molar refractivity (Wildman–Crippen MR) is 171 cm³/mol. The van der Waals surface area contributed by atoms with Crippen LogP contribution in [-0.4, -0.2) is 9.38 Å². The summed E-state index contributed by atoms with van der Waals surface area (Å²) < 4.78 is 2.38. The van der Waals surface area contributed by atoms with Gasteiger partial charge in [-0.3, -0.25) is 4.40 Å². The van der Waals surface area contributed by atoms with Crippen LogP contribution in [0.25, 0.3) is 49.1 Å². The number of benzene rings is 6. The fraction of sp³-hybridized carbons (Fsp3) is 0. The molecule has 2 aromatic heterocycles. The van der Waals surface area contributed by atoms with Crippen LogP contribution >= 0.6 is 6.04 Å². The normalized spacial score (nSPS) is 12.2. The lowest BCUT2D eigenvalue weighted by atomic mass is 9.99. The van der Waals surface area contributed by atoms with Crippen LogP contribution in [0.5, 0.6) is 0 Å². The van der Waals surface area contributed by atoms with E-state index in [4.69, 9.17) is 16.8 Å². The molecule has 39 heavy (non-hydrogen) atoms. The fourth-order valence-electron chi connectivity index (χ4n) is 6.10. The Bertz CT molecular complexity index is 2210. The minimum Gasteiger partial charge on any atom is -0.291 e. The molecule has 2 nitrogen and oxygen atoms in total. The molecule has 0 unspecified atom stereocenters.